The molecule has 10 nitrogen and oxygen atoms in total. The van der Waals surface area contributed by atoms with Crippen LogP contribution in [0.3, 0.4) is 0 Å². The minimum atomic E-state index is -0.671. The molecule has 0 unspecified atom stereocenters. The monoisotopic (exact) mass is 480 g/mol. The number of ether oxygens (including phenoxy) is 1. The highest BCUT2D eigenvalue weighted by molar-refractivity contribution is 9.10. The number of rotatable bonds is 10. The molecule has 0 heterocycles. The molecule has 0 aromatic heterocycles. The van der Waals surface area contributed by atoms with Gasteiger partial charge in [0, 0.05) is 24.8 Å². The normalized spacial score (nSPS) is 10.9. The van der Waals surface area contributed by atoms with E-state index >= 15 is 0 Å². The van der Waals surface area contributed by atoms with Crippen LogP contribution in [-0.2, 0) is 4.74 Å². The Morgan fingerprint density at radius 1 is 1.17 bits per heavy atom. The molecule has 0 aliphatic heterocycles. The summed E-state index contributed by atoms with van der Waals surface area (Å²) in [6.07, 6.45) is 0. The fraction of sp³-hybridized carbons (Fsp3) is 0.316. The maximum Gasteiger partial charge on any atom is 0.338 e. The van der Waals surface area contributed by atoms with Crippen molar-refractivity contribution in [3.8, 4) is 0 Å². The summed E-state index contributed by atoms with van der Waals surface area (Å²) < 4.78 is 5.11. The number of aliphatic hydroxyl groups excluding tert-OH is 2. The molecule has 0 spiro atoms. The first kappa shape index (κ1) is 23.4. The molecule has 0 saturated heterocycles. The predicted octanol–water partition coefficient (Wildman–Crippen LogP) is 3.74. The van der Waals surface area contributed by atoms with Gasteiger partial charge in [0.2, 0.25) is 0 Å². The molecule has 0 aliphatic rings. The van der Waals surface area contributed by atoms with Gasteiger partial charge in [0.05, 0.1) is 40.5 Å². The molecule has 160 valence electrons. The summed E-state index contributed by atoms with van der Waals surface area (Å²) in [6.45, 7) is 2.42. The van der Waals surface area contributed by atoms with Crippen molar-refractivity contribution in [3.63, 3.8) is 0 Å². The van der Waals surface area contributed by atoms with Crippen LogP contribution in [0.4, 0.5) is 22.7 Å². The van der Waals surface area contributed by atoms with Gasteiger partial charge in [0.1, 0.15) is 0 Å². The lowest BCUT2D eigenvalue weighted by molar-refractivity contribution is -0.384. The number of nitrogens with zero attached hydrogens (tertiary/aromatic N) is 4. The minimum Gasteiger partial charge on any atom is -0.462 e. The lowest BCUT2D eigenvalue weighted by Gasteiger charge is -2.22. The van der Waals surface area contributed by atoms with Gasteiger partial charge in [-0.2, -0.15) is 5.11 Å². The van der Waals surface area contributed by atoms with Crippen LogP contribution in [0, 0.1) is 10.1 Å². The Hall–Kier alpha value is -2.89. The minimum absolute atomic E-state index is 0.0284. The van der Waals surface area contributed by atoms with Gasteiger partial charge in [-0.15, -0.1) is 5.11 Å². The molecule has 2 N–H and O–H groups in total. The number of nitro benzene ring substituents is 1. The Labute approximate surface area is 181 Å². The standard InChI is InChI=1S/C19H21BrN4O6/c1-2-30-19(27)13-11-16(20)18(17(12-13)24(28)29)22-21-14-3-5-15(6-4-14)23(7-9-25)8-10-26/h3-6,11-12,25-26H,2,7-10H2,1H3. The lowest BCUT2D eigenvalue weighted by Crippen LogP contribution is -2.29. The molecule has 0 bridgehead atoms. The van der Waals surface area contributed by atoms with Gasteiger partial charge in [-0.3, -0.25) is 10.1 Å². The number of carbonyl (C=O) groups is 1. The third-order valence-electron chi connectivity index (χ3n) is 3.97. The second kappa shape index (κ2) is 11.3. The van der Waals surface area contributed by atoms with E-state index in [-0.39, 0.29) is 41.2 Å². The average Bonchev–Trinajstić information content (AvgIpc) is 2.72. The van der Waals surface area contributed by atoms with E-state index in [4.69, 9.17) is 14.9 Å². The van der Waals surface area contributed by atoms with Gasteiger partial charge < -0.3 is 19.8 Å². The Morgan fingerprint density at radius 3 is 2.33 bits per heavy atom. The maximum atomic E-state index is 11.9. The van der Waals surface area contributed by atoms with Crippen molar-refractivity contribution in [1.82, 2.24) is 0 Å². The third kappa shape index (κ3) is 6.05. The number of azo groups is 1. The molecule has 30 heavy (non-hydrogen) atoms. The number of nitro groups is 1. The number of carbonyl (C=O) groups excluding carboxylic acids is 1. The van der Waals surface area contributed by atoms with E-state index in [1.807, 2.05) is 0 Å². The Kier molecular flexibility index (Phi) is 8.84. The van der Waals surface area contributed by atoms with E-state index in [2.05, 4.69) is 26.2 Å². The second-order valence-corrected chi connectivity index (χ2v) is 6.81. The maximum absolute atomic E-state index is 11.9. The highest BCUT2D eigenvalue weighted by Gasteiger charge is 2.22. The number of hydrogen-bond acceptors (Lipinski definition) is 9. The number of aliphatic hydroxyl groups is 2. The highest BCUT2D eigenvalue weighted by atomic mass is 79.9. The highest BCUT2D eigenvalue weighted by Crippen LogP contribution is 2.38. The molecule has 2 aromatic carbocycles. The molecular formula is C19H21BrN4O6. The smallest absolute Gasteiger partial charge is 0.338 e. The third-order valence-corrected chi connectivity index (χ3v) is 4.58. The SMILES string of the molecule is CCOC(=O)c1cc(Br)c(N=Nc2ccc(N(CCO)CCO)cc2)c([N+](=O)[O-])c1. The van der Waals surface area contributed by atoms with Gasteiger partial charge in [-0.1, -0.05) is 0 Å². The Morgan fingerprint density at radius 2 is 1.80 bits per heavy atom. The molecule has 0 fully saturated rings. The van der Waals surface area contributed by atoms with Crippen molar-refractivity contribution < 1.29 is 24.7 Å². The predicted molar refractivity (Wildman–Crippen MR) is 114 cm³/mol. The first-order chi connectivity index (χ1) is 14.4. The zero-order chi connectivity index (χ0) is 22.1. The number of benzene rings is 2. The number of hydrogen-bond donors (Lipinski definition) is 2. The zero-order valence-corrected chi connectivity index (χ0v) is 17.8. The molecular weight excluding hydrogens is 460 g/mol. The summed E-state index contributed by atoms with van der Waals surface area (Å²) >= 11 is 3.20. The van der Waals surface area contributed by atoms with Crippen LogP contribution in [0.15, 0.2) is 51.1 Å². The summed E-state index contributed by atoms with van der Waals surface area (Å²) in [5.74, 6) is -0.671. The van der Waals surface area contributed by atoms with Crippen molar-refractivity contribution in [2.45, 2.75) is 6.92 Å². The summed E-state index contributed by atoms with van der Waals surface area (Å²) in [5.41, 5.74) is 0.848. The van der Waals surface area contributed by atoms with Crippen LogP contribution in [0.1, 0.15) is 17.3 Å². The first-order valence-electron chi connectivity index (χ1n) is 9.04. The molecule has 0 radical (unpaired) electrons. The fourth-order valence-corrected chi connectivity index (χ4v) is 3.13. The van der Waals surface area contributed by atoms with Crippen molar-refractivity contribution in [3.05, 3.63) is 56.5 Å². The Bertz CT molecular complexity index is 914. The quantitative estimate of drug-likeness (QED) is 0.228. The van der Waals surface area contributed by atoms with Gasteiger partial charge in [0.25, 0.3) is 5.69 Å². The summed E-state index contributed by atoms with van der Waals surface area (Å²) in [7, 11) is 0. The van der Waals surface area contributed by atoms with Crippen molar-refractivity contribution in [2.24, 2.45) is 10.2 Å². The van der Waals surface area contributed by atoms with Gasteiger partial charge in [0.15, 0.2) is 5.69 Å². The number of esters is 1. The van der Waals surface area contributed by atoms with Crippen molar-refractivity contribution in [1.29, 1.82) is 0 Å². The van der Waals surface area contributed by atoms with Crippen molar-refractivity contribution in [2.75, 3.05) is 37.8 Å². The molecule has 0 aliphatic carbocycles. The van der Waals surface area contributed by atoms with Gasteiger partial charge in [-0.25, -0.2) is 4.79 Å². The van der Waals surface area contributed by atoms with Gasteiger partial charge >= 0.3 is 5.97 Å². The van der Waals surface area contributed by atoms with Crippen LogP contribution >= 0.6 is 15.9 Å². The number of halogens is 1. The van der Waals surface area contributed by atoms with E-state index in [9.17, 15) is 14.9 Å². The van der Waals surface area contributed by atoms with E-state index in [0.717, 1.165) is 11.8 Å². The van der Waals surface area contributed by atoms with E-state index in [1.54, 1.807) is 36.1 Å². The average molecular weight is 481 g/mol. The topological polar surface area (TPSA) is 138 Å². The largest absolute Gasteiger partial charge is 0.462 e. The first-order valence-corrected chi connectivity index (χ1v) is 9.84. The molecule has 2 aromatic rings. The fourth-order valence-electron chi connectivity index (χ4n) is 2.60. The lowest BCUT2D eigenvalue weighted by atomic mass is 10.2. The second-order valence-electron chi connectivity index (χ2n) is 5.95. The molecule has 0 atom stereocenters. The van der Waals surface area contributed by atoms with Crippen LogP contribution in [0.2, 0.25) is 0 Å². The molecule has 2 rings (SSSR count). The zero-order valence-electron chi connectivity index (χ0n) is 16.2. The molecule has 0 amide bonds. The van der Waals surface area contributed by atoms with Crippen LogP contribution in [-0.4, -0.2) is 54.0 Å². The van der Waals surface area contributed by atoms with Crippen LogP contribution < -0.4 is 4.90 Å². The Balaban J connectivity index is 2.30. The summed E-state index contributed by atoms with van der Waals surface area (Å²) in [4.78, 5) is 24.5. The van der Waals surface area contributed by atoms with E-state index < -0.39 is 10.9 Å². The summed E-state index contributed by atoms with van der Waals surface area (Å²) in [6, 6.07) is 9.30. The van der Waals surface area contributed by atoms with Gasteiger partial charge in [-0.05, 0) is 53.2 Å². The summed E-state index contributed by atoms with van der Waals surface area (Å²) in [5, 5.41) is 37.7. The van der Waals surface area contributed by atoms with Crippen LogP contribution in [0.5, 0.6) is 0 Å². The number of anilines is 1. The van der Waals surface area contributed by atoms with E-state index in [1.165, 1.54) is 6.07 Å². The van der Waals surface area contributed by atoms with Crippen LogP contribution in [0.25, 0.3) is 0 Å². The molecule has 0 saturated carbocycles. The van der Waals surface area contributed by atoms with E-state index in [0.29, 0.717) is 18.8 Å². The van der Waals surface area contributed by atoms with Crippen molar-refractivity contribution >= 4 is 44.6 Å². The molecule has 11 heteroatoms.